The molecule has 0 aliphatic heterocycles. The van der Waals surface area contributed by atoms with Crippen molar-refractivity contribution in [3.63, 3.8) is 0 Å². The number of pyridine rings is 1. The maximum atomic E-state index is 4.76. The van der Waals surface area contributed by atoms with E-state index in [0.29, 0.717) is 17.4 Å². The van der Waals surface area contributed by atoms with Gasteiger partial charge >= 0.3 is 0 Å². The Hall–Kier alpha value is -2.76. The summed E-state index contributed by atoms with van der Waals surface area (Å²) >= 11 is 0. The van der Waals surface area contributed by atoms with Gasteiger partial charge in [-0.3, -0.25) is 9.98 Å². The van der Waals surface area contributed by atoms with Crippen LogP contribution in [0, 0.1) is 12.3 Å². The number of aryl methyl sites for hydroxylation is 1. The molecule has 0 aromatic carbocycles. The summed E-state index contributed by atoms with van der Waals surface area (Å²) in [6, 6.07) is 6.54. The van der Waals surface area contributed by atoms with Gasteiger partial charge in [0.1, 0.15) is 0 Å². The highest BCUT2D eigenvalue weighted by atomic mass is 15.3. The van der Waals surface area contributed by atoms with Crippen molar-refractivity contribution in [3.05, 3.63) is 36.3 Å². The van der Waals surface area contributed by atoms with Crippen LogP contribution in [-0.2, 0) is 0 Å². The van der Waals surface area contributed by atoms with Crippen LogP contribution < -0.4 is 5.32 Å². The molecular weight excluding hydrogens is 384 g/mol. The second kappa shape index (κ2) is 9.58. The highest BCUT2D eigenvalue weighted by molar-refractivity contribution is 5.83. The normalized spacial score (nSPS) is 15.8. The predicted octanol–water partition coefficient (Wildman–Crippen LogP) is 6.62. The fraction of sp³-hybridized carbons (Fsp3) is 0.520. The molecule has 3 heterocycles. The average molecular weight is 421 g/mol. The number of nitrogens with one attached hydrogen (secondary N) is 1. The van der Waals surface area contributed by atoms with Gasteiger partial charge in [0.2, 0.25) is 5.95 Å². The standard InChI is InChI=1S/C23H30N6.C2H6/c1-15(2)25-19-6-7-20(26-16(19)3)18-10-13-29-21(18)14-24-22(28-29)27-17-8-11-23(4,5)12-9-17;1-2/h6-7,10,13-14,17H,8-9,11-12H2,1-5H3,(H,27,28);1-2H3. The monoisotopic (exact) mass is 420 g/mol. The molecular formula is C25H36N6. The number of aliphatic imine (C=N–C) groups is 1. The Morgan fingerprint density at radius 1 is 1.13 bits per heavy atom. The Bertz CT molecular complexity index is 1050. The fourth-order valence-corrected chi connectivity index (χ4v) is 3.97. The summed E-state index contributed by atoms with van der Waals surface area (Å²) in [5, 5.41) is 8.20. The third-order valence-corrected chi connectivity index (χ3v) is 5.77. The van der Waals surface area contributed by atoms with Gasteiger partial charge in [-0.2, -0.15) is 0 Å². The van der Waals surface area contributed by atoms with E-state index >= 15 is 0 Å². The summed E-state index contributed by atoms with van der Waals surface area (Å²) in [4.78, 5) is 13.9. The summed E-state index contributed by atoms with van der Waals surface area (Å²) in [6.45, 7) is 14.7. The van der Waals surface area contributed by atoms with Gasteiger partial charge in [0.25, 0.3) is 0 Å². The molecule has 0 bridgehead atoms. The molecule has 0 unspecified atom stereocenters. The minimum Gasteiger partial charge on any atom is -0.350 e. The maximum absolute atomic E-state index is 4.76. The van der Waals surface area contributed by atoms with Crippen LogP contribution in [0.3, 0.4) is 0 Å². The molecule has 3 aromatic rings. The van der Waals surface area contributed by atoms with E-state index in [-0.39, 0.29) is 0 Å². The van der Waals surface area contributed by atoms with Gasteiger partial charge in [-0.25, -0.2) is 9.50 Å². The zero-order valence-electron chi connectivity index (χ0n) is 20.0. The van der Waals surface area contributed by atoms with Gasteiger partial charge in [0.05, 0.1) is 28.8 Å². The van der Waals surface area contributed by atoms with Crippen molar-refractivity contribution in [1.29, 1.82) is 0 Å². The smallest absolute Gasteiger partial charge is 0.241 e. The Kier molecular flexibility index (Phi) is 7.08. The second-order valence-corrected chi connectivity index (χ2v) is 9.08. The van der Waals surface area contributed by atoms with Crippen molar-refractivity contribution >= 4 is 22.9 Å². The SMILES string of the molecule is CC.CC(C)=Nc1ccc(-c2ccn3nc(NC4CCC(C)(C)CC4)ncc23)nc1C. The maximum Gasteiger partial charge on any atom is 0.241 e. The molecule has 1 aliphatic rings. The van der Waals surface area contributed by atoms with Crippen LogP contribution >= 0.6 is 0 Å². The first-order valence-electron chi connectivity index (χ1n) is 11.4. The minimum absolute atomic E-state index is 0.454. The zero-order valence-corrected chi connectivity index (χ0v) is 20.0. The second-order valence-electron chi connectivity index (χ2n) is 9.08. The van der Waals surface area contributed by atoms with Crippen LogP contribution in [0.15, 0.2) is 35.6 Å². The van der Waals surface area contributed by atoms with Gasteiger partial charge in [-0.05, 0) is 70.1 Å². The van der Waals surface area contributed by atoms with Crippen molar-refractivity contribution < 1.29 is 0 Å². The molecule has 1 saturated carbocycles. The molecule has 3 aromatic heterocycles. The molecule has 4 rings (SSSR count). The van der Waals surface area contributed by atoms with E-state index < -0.39 is 0 Å². The number of fused-ring (bicyclic) bond motifs is 1. The van der Waals surface area contributed by atoms with Gasteiger partial charge in [-0.1, -0.05) is 27.7 Å². The Morgan fingerprint density at radius 3 is 2.48 bits per heavy atom. The molecule has 31 heavy (non-hydrogen) atoms. The van der Waals surface area contributed by atoms with Crippen LogP contribution in [0.1, 0.15) is 72.9 Å². The zero-order chi connectivity index (χ0) is 22.6. The summed E-state index contributed by atoms with van der Waals surface area (Å²) < 4.78 is 1.89. The number of hydrogen-bond donors (Lipinski definition) is 1. The number of anilines is 1. The third kappa shape index (κ3) is 5.49. The molecule has 0 radical (unpaired) electrons. The fourth-order valence-electron chi connectivity index (χ4n) is 3.97. The third-order valence-electron chi connectivity index (χ3n) is 5.77. The van der Waals surface area contributed by atoms with Gasteiger partial charge in [-0.15, -0.1) is 5.10 Å². The van der Waals surface area contributed by atoms with Gasteiger partial charge in [0.15, 0.2) is 0 Å². The van der Waals surface area contributed by atoms with E-state index in [9.17, 15) is 0 Å². The molecule has 0 saturated heterocycles. The first-order chi connectivity index (χ1) is 14.8. The summed E-state index contributed by atoms with van der Waals surface area (Å²) in [6.07, 6.45) is 8.67. The molecule has 166 valence electrons. The van der Waals surface area contributed by atoms with Crippen molar-refractivity contribution in [3.8, 4) is 11.3 Å². The highest BCUT2D eigenvalue weighted by Gasteiger charge is 2.27. The van der Waals surface area contributed by atoms with Gasteiger partial charge < -0.3 is 5.32 Å². The first kappa shape index (κ1) is 22.9. The quantitative estimate of drug-likeness (QED) is 0.482. The molecule has 1 aliphatic carbocycles. The molecule has 6 nitrogen and oxygen atoms in total. The lowest BCUT2D eigenvalue weighted by molar-refractivity contribution is 0.232. The largest absolute Gasteiger partial charge is 0.350 e. The molecule has 0 atom stereocenters. The van der Waals surface area contributed by atoms with Crippen LogP contribution in [-0.4, -0.2) is 31.3 Å². The lowest BCUT2D eigenvalue weighted by Crippen LogP contribution is -2.30. The molecule has 0 spiro atoms. The van der Waals surface area contributed by atoms with E-state index in [1.165, 1.54) is 25.7 Å². The number of rotatable bonds is 4. The van der Waals surface area contributed by atoms with Crippen LogP contribution in [0.2, 0.25) is 0 Å². The van der Waals surface area contributed by atoms with E-state index in [2.05, 4.69) is 34.2 Å². The van der Waals surface area contributed by atoms with Gasteiger partial charge in [0, 0.05) is 23.5 Å². The molecule has 0 amide bonds. The summed E-state index contributed by atoms with van der Waals surface area (Å²) in [7, 11) is 0. The summed E-state index contributed by atoms with van der Waals surface area (Å²) in [5.74, 6) is 0.691. The van der Waals surface area contributed by atoms with Crippen LogP contribution in [0.5, 0.6) is 0 Å². The number of nitrogens with zero attached hydrogens (tertiary/aromatic N) is 5. The number of aromatic nitrogens is 4. The predicted molar refractivity (Wildman–Crippen MR) is 130 cm³/mol. The molecule has 1 N–H and O–H groups in total. The van der Waals surface area contributed by atoms with Crippen molar-refractivity contribution in [2.24, 2.45) is 10.4 Å². The topological polar surface area (TPSA) is 67.5 Å². The lowest BCUT2D eigenvalue weighted by atomic mass is 9.76. The molecule has 6 heteroatoms. The first-order valence-corrected chi connectivity index (χ1v) is 11.4. The lowest BCUT2D eigenvalue weighted by Gasteiger charge is -2.34. The van der Waals surface area contributed by atoms with Crippen molar-refractivity contribution in [1.82, 2.24) is 19.6 Å². The Labute approximate surface area is 186 Å². The van der Waals surface area contributed by atoms with Crippen LogP contribution in [0.4, 0.5) is 11.6 Å². The summed E-state index contributed by atoms with van der Waals surface area (Å²) in [5.41, 5.74) is 6.21. The minimum atomic E-state index is 0.454. The number of hydrogen-bond acceptors (Lipinski definition) is 5. The highest BCUT2D eigenvalue weighted by Crippen LogP contribution is 2.36. The van der Waals surface area contributed by atoms with Crippen molar-refractivity contribution in [2.45, 2.75) is 80.2 Å². The van der Waals surface area contributed by atoms with E-state index in [1.807, 2.05) is 69.7 Å². The Balaban J connectivity index is 0.00000132. The average Bonchev–Trinajstić information content (AvgIpc) is 3.15. The van der Waals surface area contributed by atoms with Crippen LogP contribution in [0.25, 0.3) is 16.8 Å². The Morgan fingerprint density at radius 2 is 1.84 bits per heavy atom. The van der Waals surface area contributed by atoms with E-state index in [1.54, 1.807) is 0 Å². The molecule has 1 fully saturated rings. The van der Waals surface area contributed by atoms with E-state index in [0.717, 1.165) is 33.9 Å². The van der Waals surface area contributed by atoms with E-state index in [4.69, 9.17) is 4.98 Å². The van der Waals surface area contributed by atoms with Crippen molar-refractivity contribution in [2.75, 3.05) is 5.32 Å².